The van der Waals surface area contributed by atoms with Crippen LogP contribution in [0, 0.1) is 0 Å². The average Bonchev–Trinajstić information content (AvgIpc) is 1.54. The number of benzene rings is 21. The summed E-state index contributed by atoms with van der Waals surface area (Å²) in [5.41, 5.74) is 33.4. The molecule has 138 heavy (non-hydrogen) atoms. The summed E-state index contributed by atoms with van der Waals surface area (Å²) in [6.07, 6.45) is 0. The van der Waals surface area contributed by atoms with Crippen molar-refractivity contribution in [3.8, 4) is 83.8 Å². The zero-order valence-corrected chi connectivity index (χ0v) is 77.4. The van der Waals surface area contributed by atoms with Crippen LogP contribution in [-0.2, 0) is 5.41 Å². The Morgan fingerprint density at radius 2 is 0.486 bits per heavy atom. The van der Waals surface area contributed by atoms with Gasteiger partial charge in [-0.2, -0.15) is 0 Å². The molecule has 0 saturated carbocycles. The fourth-order valence-electron chi connectivity index (χ4n) is 23.0. The van der Waals surface area contributed by atoms with Gasteiger partial charge < -0.3 is 27.0 Å². The summed E-state index contributed by atoms with van der Waals surface area (Å²) in [6.45, 7) is 4.72. The Hall–Kier alpha value is -16.9. The smallest absolute Gasteiger partial charge is 0.143 e. The molecule has 0 amide bonds. The lowest BCUT2D eigenvalue weighted by molar-refractivity contribution is 0.661. The lowest BCUT2D eigenvalue weighted by Gasteiger charge is -2.21. The third-order valence-corrected chi connectivity index (χ3v) is 32.6. The second-order valence-electron chi connectivity index (χ2n) is 37.1. The molecule has 6 nitrogen and oxygen atoms in total. The minimum atomic E-state index is -0.0703. The van der Waals surface area contributed by atoms with Crippen molar-refractivity contribution in [3.63, 3.8) is 0 Å². The fourth-order valence-corrected chi connectivity index (χ4v) is 26.4. The Labute approximate surface area is 803 Å². The van der Waals surface area contributed by atoms with Gasteiger partial charge in [0.05, 0.1) is 33.1 Å². The number of aromatic nitrogens is 3. The van der Waals surface area contributed by atoms with Crippen LogP contribution in [0.5, 0.6) is 0 Å². The van der Waals surface area contributed by atoms with Crippen LogP contribution in [0.4, 0.5) is 0 Å². The minimum Gasteiger partial charge on any atom is -0.455 e. The maximum absolute atomic E-state index is 6.75. The van der Waals surface area contributed by atoms with Crippen molar-refractivity contribution in [3.05, 3.63) is 454 Å². The van der Waals surface area contributed by atoms with Crippen LogP contribution in [0.1, 0.15) is 25.0 Å². The van der Waals surface area contributed by atoms with Crippen LogP contribution < -0.4 is 0 Å². The zero-order valence-electron chi connectivity index (χ0n) is 74.9. The minimum absolute atomic E-state index is 0.0703. The molecule has 1 aliphatic rings. The van der Waals surface area contributed by atoms with E-state index in [9.17, 15) is 0 Å². The highest BCUT2D eigenvalue weighted by atomic mass is 32.1. The van der Waals surface area contributed by atoms with Crippen LogP contribution in [0.15, 0.2) is 456 Å². The molecule has 0 fully saturated rings. The molecule has 646 valence electrons. The first-order valence-corrected chi connectivity index (χ1v) is 49.6. The molecule has 21 aromatic carbocycles. The van der Waals surface area contributed by atoms with E-state index < -0.39 is 0 Å². The summed E-state index contributed by atoms with van der Waals surface area (Å²) >= 11 is 5.55. The normalized spacial score (nSPS) is 12.6. The van der Waals surface area contributed by atoms with E-state index in [0.717, 1.165) is 99.6 Å². The first-order valence-electron chi connectivity index (χ1n) is 47.1. The molecule has 0 spiro atoms. The van der Waals surface area contributed by atoms with E-state index in [-0.39, 0.29) is 5.41 Å². The van der Waals surface area contributed by atoms with Crippen molar-refractivity contribution in [2.24, 2.45) is 0 Å². The van der Waals surface area contributed by atoms with Gasteiger partial charge >= 0.3 is 0 Å². The highest BCUT2D eigenvalue weighted by Crippen LogP contribution is 2.54. The molecule has 1 aliphatic carbocycles. The number of hydrogen-bond acceptors (Lipinski definition) is 6. The van der Waals surface area contributed by atoms with Gasteiger partial charge in [0.1, 0.15) is 33.5 Å². The Bertz CT molecular complexity index is 10200. The maximum Gasteiger partial charge on any atom is 0.143 e. The molecule has 0 radical (unpaired) electrons. The lowest BCUT2D eigenvalue weighted by atomic mass is 9.82. The topological polar surface area (TPSA) is 54.2 Å². The molecular weight excluding hydrogens is 1740 g/mol. The van der Waals surface area contributed by atoms with Crippen LogP contribution in [0.25, 0.3) is 276 Å². The van der Waals surface area contributed by atoms with Gasteiger partial charge in [-0.05, 0) is 207 Å². The van der Waals surface area contributed by atoms with Crippen LogP contribution in [0.2, 0.25) is 0 Å². The van der Waals surface area contributed by atoms with E-state index in [0.29, 0.717) is 0 Å². The monoisotopic (exact) mass is 1810 g/mol. The van der Waals surface area contributed by atoms with Crippen molar-refractivity contribution in [2.75, 3.05) is 0 Å². The van der Waals surface area contributed by atoms with Crippen molar-refractivity contribution in [1.82, 2.24) is 13.7 Å². The third kappa shape index (κ3) is 11.9. The van der Waals surface area contributed by atoms with Gasteiger partial charge in [0, 0.05) is 164 Å². The predicted octanol–water partition coefficient (Wildman–Crippen LogP) is 37.8. The second kappa shape index (κ2) is 30.6. The number of furan rings is 3. The molecule has 9 aromatic heterocycles. The predicted molar refractivity (Wildman–Crippen MR) is 588 cm³/mol. The molecular formula is C129H79N3O3S3. The van der Waals surface area contributed by atoms with Gasteiger partial charge in [-0.1, -0.05) is 311 Å². The highest BCUT2D eigenvalue weighted by Gasteiger charge is 2.37. The molecule has 0 unspecified atom stereocenters. The molecule has 0 N–H and O–H groups in total. The number of para-hydroxylation sites is 6. The van der Waals surface area contributed by atoms with E-state index >= 15 is 0 Å². The summed E-state index contributed by atoms with van der Waals surface area (Å²) in [4.78, 5) is 0. The molecule has 31 rings (SSSR count). The molecule has 9 heteroatoms. The largest absolute Gasteiger partial charge is 0.455 e. The number of rotatable bonds is 8. The lowest BCUT2D eigenvalue weighted by Crippen LogP contribution is -2.14. The molecule has 9 heterocycles. The Kier molecular flexibility index (Phi) is 17.4. The van der Waals surface area contributed by atoms with Crippen molar-refractivity contribution < 1.29 is 13.3 Å². The number of fused-ring (bicyclic) bond motifs is 30. The first kappa shape index (κ1) is 78.6. The first-order chi connectivity index (χ1) is 68.2. The van der Waals surface area contributed by atoms with Crippen molar-refractivity contribution >= 4 is 226 Å². The van der Waals surface area contributed by atoms with Crippen molar-refractivity contribution in [2.45, 2.75) is 19.3 Å². The second-order valence-corrected chi connectivity index (χ2v) is 40.3. The van der Waals surface area contributed by atoms with Crippen LogP contribution in [0.3, 0.4) is 0 Å². The van der Waals surface area contributed by atoms with E-state index in [1.165, 1.54) is 187 Å². The van der Waals surface area contributed by atoms with Gasteiger partial charge in [0.2, 0.25) is 0 Å². The van der Waals surface area contributed by atoms with Gasteiger partial charge in [-0.3, -0.25) is 0 Å². The van der Waals surface area contributed by atoms with E-state index in [1.54, 1.807) is 0 Å². The van der Waals surface area contributed by atoms with Gasteiger partial charge in [0.15, 0.2) is 0 Å². The van der Waals surface area contributed by atoms with E-state index in [2.05, 4.69) is 470 Å². The Balaban J connectivity index is 0.000000101. The van der Waals surface area contributed by atoms with Crippen LogP contribution in [-0.4, -0.2) is 13.7 Å². The summed E-state index contributed by atoms with van der Waals surface area (Å²) in [5.74, 6) is 0. The van der Waals surface area contributed by atoms with E-state index in [1.807, 2.05) is 34.0 Å². The molecule has 0 bridgehead atoms. The molecule has 30 aromatic rings. The number of nitrogens with zero attached hydrogens (tertiary/aromatic N) is 3. The van der Waals surface area contributed by atoms with Crippen LogP contribution >= 0.6 is 34.0 Å². The standard InChI is InChI=1S/C48H29NOS.C45H29NOS.C36H21NOS/c1-3-11-30(12-4-1)32-21-24-42-39(27-32)40-28-33(31-13-5-2-6-14-31)22-25-43(40)49(42)34-23-26-44-41(29-34)37-18-9-17-36(48(37)50-44)35-16-10-20-46-47(35)38-15-7-8-19-45(38)51-46;1-45(2)36-17-6-3-11-27(36)33-24-34-28-12-4-7-18-38(28)46(39(34)25-37(33)45)26-21-22-40-35(23-26)31-16-9-15-30(44(31)47-40)29-14-10-20-42-43(29)32-13-5-8-19-41(32)48-42;1-4-15-30-23(9-1)24-10-2-5-16-31(24)37(30)22-19-20-32-29(21-22)27-14-7-13-26(36(27)38-32)25-12-8-18-34-35(25)28-11-3-6-17-33(28)39-34/h1-29H;3-25H,1-2H3;1-21H. The van der Waals surface area contributed by atoms with Crippen molar-refractivity contribution in [1.29, 1.82) is 0 Å². The molecule has 0 atom stereocenters. The maximum atomic E-state index is 6.75. The SMILES string of the molecule is CC1(C)c2ccccc2-c2cc3c4ccccc4n(-c4ccc5oc6c(-c7cccc8sc9ccccc9c78)cccc6c5c4)c3cc21.c1ccc(-c2ccc3c(c2)c2cc(-c4ccccc4)ccc2n3-c2ccc3oc4c(-c5cccc6sc7ccccc7c56)cccc4c3c2)cc1.c1ccc2c(c1)sc1cccc(-c3cccc4c3oc3ccc(-n5c6ccccc6c6ccccc65)cc34)c12. The zero-order chi connectivity index (χ0) is 90.7. The quantitative estimate of drug-likeness (QED) is 0.152. The summed E-state index contributed by atoms with van der Waals surface area (Å²) in [7, 11) is 0. The Morgan fingerprint density at radius 1 is 0.181 bits per heavy atom. The van der Waals surface area contributed by atoms with E-state index in [4.69, 9.17) is 13.3 Å². The average molecular weight is 1820 g/mol. The summed E-state index contributed by atoms with van der Waals surface area (Å²) in [6, 6.07) is 161. The highest BCUT2D eigenvalue weighted by molar-refractivity contribution is 7.26. The van der Waals surface area contributed by atoms with Gasteiger partial charge in [-0.25, -0.2) is 0 Å². The fraction of sp³-hybridized carbons (Fsp3) is 0.0233. The Morgan fingerprint density at radius 3 is 0.899 bits per heavy atom. The summed E-state index contributed by atoms with van der Waals surface area (Å²) in [5, 5.41) is 22.1. The molecule has 0 aliphatic heterocycles. The summed E-state index contributed by atoms with van der Waals surface area (Å²) < 4.78 is 35.2. The van der Waals surface area contributed by atoms with Gasteiger partial charge in [0.25, 0.3) is 0 Å². The third-order valence-electron chi connectivity index (χ3n) is 29.2. The molecule has 0 saturated heterocycles. The van der Waals surface area contributed by atoms with Gasteiger partial charge in [-0.15, -0.1) is 34.0 Å². The number of hydrogen-bond donors (Lipinski definition) is 0. The number of thiophene rings is 3.